The van der Waals surface area contributed by atoms with E-state index in [9.17, 15) is 4.79 Å². The third-order valence-electron chi connectivity index (χ3n) is 4.50. The number of aldehydes is 1. The Labute approximate surface area is 124 Å². The van der Waals surface area contributed by atoms with Gasteiger partial charge in [-0.2, -0.15) is 0 Å². The van der Waals surface area contributed by atoms with Gasteiger partial charge in [0.1, 0.15) is 24.1 Å². The number of nitrogens with one attached hydrogen (secondary N) is 1. The molecule has 21 heavy (non-hydrogen) atoms. The van der Waals surface area contributed by atoms with Crippen molar-refractivity contribution in [3.05, 3.63) is 18.6 Å². The Morgan fingerprint density at radius 2 is 2.38 bits per heavy atom. The Morgan fingerprint density at radius 1 is 1.52 bits per heavy atom. The molecule has 2 atom stereocenters. The van der Waals surface area contributed by atoms with Crippen molar-refractivity contribution in [2.24, 2.45) is 5.92 Å². The van der Waals surface area contributed by atoms with Gasteiger partial charge in [-0.05, 0) is 24.9 Å². The molecule has 1 fully saturated rings. The van der Waals surface area contributed by atoms with Crippen LogP contribution >= 0.6 is 0 Å². The summed E-state index contributed by atoms with van der Waals surface area (Å²) < 4.78 is 0. The number of likely N-dealkylation sites (N-methyl/N-ethyl adjacent to an activating group) is 1. The molecule has 3 heterocycles. The van der Waals surface area contributed by atoms with E-state index in [1.807, 2.05) is 12.3 Å². The van der Waals surface area contributed by atoms with Crippen LogP contribution in [0.3, 0.4) is 0 Å². The summed E-state index contributed by atoms with van der Waals surface area (Å²) in [5, 5.41) is 1.04. The number of nitrogens with zero attached hydrogens (tertiary/aromatic N) is 4. The predicted molar refractivity (Wildman–Crippen MR) is 82.4 cm³/mol. The minimum atomic E-state index is 0.353. The van der Waals surface area contributed by atoms with Gasteiger partial charge >= 0.3 is 0 Å². The average Bonchev–Trinajstić information content (AvgIpc) is 2.97. The molecule has 6 nitrogen and oxygen atoms in total. The Balaban J connectivity index is 1.87. The highest BCUT2D eigenvalue weighted by atomic mass is 16.1. The molecule has 2 aromatic heterocycles. The maximum Gasteiger partial charge on any atom is 0.142 e. The van der Waals surface area contributed by atoms with E-state index in [1.165, 1.54) is 0 Å². The summed E-state index contributed by atoms with van der Waals surface area (Å²) in [7, 11) is 2.08. The molecule has 0 aliphatic carbocycles. The molecule has 0 unspecified atom stereocenters. The van der Waals surface area contributed by atoms with Gasteiger partial charge in [-0.3, -0.25) is 4.90 Å². The van der Waals surface area contributed by atoms with E-state index in [-0.39, 0.29) is 0 Å². The molecule has 112 valence electrons. The lowest BCUT2D eigenvalue weighted by Gasteiger charge is -2.41. The molecule has 0 aromatic carbocycles. The summed E-state index contributed by atoms with van der Waals surface area (Å²) in [6.07, 6.45) is 5.58. The summed E-state index contributed by atoms with van der Waals surface area (Å²) >= 11 is 0. The zero-order chi connectivity index (χ0) is 14.8. The first-order valence-electron chi connectivity index (χ1n) is 7.37. The van der Waals surface area contributed by atoms with Gasteiger partial charge in [0, 0.05) is 25.8 Å². The van der Waals surface area contributed by atoms with Gasteiger partial charge < -0.3 is 14.7 Å². The molecule has 0 saturated carbocycles. The Kier molecular flexibility index (Phi) is 3.88. The number of anilines is 1. The third-order valence-corrected chi connectivity index (χ3v) is 4.50. The van der Waals surface area contributed by atoms with Crippen LogP contribution in [0.2, 0.25) is 0 Å². The molecule has 0 radical (unpaired) electrons. The normalized spacial score (nSPS) is 23.3. The first kappa shape index (κ1) is 14.0. The second-order valence-electron chi connectivity index (χ2n) is 5.81. The Morgan fingerprint density at radius 3 is 3.19 bits per heavy atom. The van der Waals surface area contributed by atoms with Gasteiger partial charge in [-0.1, -0.05) is 6.92 Å². The number of rotatable bonds is 4. The fourth-order valence-corrected chi connectivity index (χ4v) is 3.19. The quantitative estimate of drug-likeness (QED) is 0.859. The number of aromatic amines is 1. The predicted octanol–water partition coefficient (Wildman–Crippen LogP) is 1.30. The number of carbonyl (C=O) groups excluding carboxylic acids is 1. The van der Waals surface area contributed by atoms with Crippen LogP contribution in [0.5, 0.6) is 0 Å². The number of fused-ring (bicyclic) bond motifs is 1. The van der Waals surface area contributed by atoms with Crippen LogP contribution in [0.1, 0.15) is 13.3 Å². The smallest absolute Gasteiger partial charge is 0.142 e. The number of carbonyl (C=O) groups is 1. The van der Waals surface area contributed by atoms with E-state index < -0.39 is 0 Å². The van der Waals surface area contributed by atoms with Crippen LogP contribution in [0.25, 0.3) is 11.0 Å². The maximum atomic E-state index is 10.8. The van der Waals surface area contributed by atoms with Crippen LogP contribution < -0.4 is 4.90 Å². The van der Waals surface area contributed by atoms with E-state index in [0.717, 1.165) is 42.6 Å². The van der Waals surface area contributed by atoms with Gasteiger partial charge in [0.2, 0.25) is 0 Å². The van der Waals surface area contributed by atoms with E-state index in [1.54, 1.807) is 6.33 Å². The van der Waals surface area contributed by atoms with Crippen molar-refractivity contribution < 1.29 is 4.79 Å². The summed E-state index contributed by atoms with van der Waals surface area (Å²) in [5.41, 5.74) is 0.861. The van der Waals surface area contributed by atoms with E-state index >= 15 is 0 Å². The molecule has 0 bridgehead atoms. The number of piperidine rings is 1. The molecular weight excluding hydrogens is 266 g/mol. The SMILES string of the molecule is C[C@@H]1CCN(CC=O)C[C@@H]1N(C)c1ncnc2[nH]ccc12. The lowest BCUT2D eigenvalue weighted by molar-refractivity contribution is -0.109. The molecule has 1 N–H and O–H groups in total. The highest BCUT2D eigenvalue weighted by Gasteiger charge is 2.30. The van der Waals surface area contributed by atoms with Crippen LogP contribution in [0.15, 0.2) is 18.6 Å². The van der Waals surface area contributed by atoms with Gasteiger partial charge in [0.15, 0.2) is 0 Å². The van der Waals surface area contributed by atoms with Gasteiger partial charge in [0.05, 0.1) is 11.9 Å². The summed E-state index contributed by atoms with van der Waals surface area (Å²) in [6, 6.07) is 2.37. The molecule has 2 aromatic rings. The van der Waals surface area contributed by atoms with Gasteiger partial charge in [-0.15, -0.1) is 0 Å². The zero-order valence-corrected chi connectivity index (χ0v) is 12.5. The number of hydrogen-bond acceptors (Lipinski definition) is 5. The highest BCUT2D eigenvalue weighted by molar-refractivity contribution is 5.87. The minimum Gasteiger partial charge on any atom is -0.354 e. The van der Waals surface area contributed by atoms with Gasteiger partial charge in [0.25, 0.3) is 0 Å². The monoisotopic (exact) mass is 287 g/mol. The summed E-state index contributed by atoms with van der Waals surface area (Å²) in [5.74, 6) is 1.52. The second-order valence-corrected chi connectivity index (χ2v) is 5.81. The molecular formula is C15H21N5O. The molecule has 0 spiro atoms. The number of H-pyrrole nitrogens is 1. The van der Waals surface area contributed by atoms with Crippen molar-refractivity contribution in [1.82, 2.24) is 19.9 Å². The standard InChI is InChI=1S/C15H21N5O/c1-11-4-6-20(7-8-21)9-13(11)19(2)15-12-3-5-16-14(12)17-10-18-15/h3,5,8,10-11,13H,4,6-7,9H2,1-2H3,(H,16,17,18)/t11-,13+/m1/s1. The van der Waals surface area contributed by atoms with Crippen molar-refractivity contribution in [3.8, 4) is 0 Å². The molecule has 6 heteroatoms. The molecule has 1 aliphatic heterocycles. The molecule has 1 saturated heterocycles. The van der Waals surface area contributed by atoms with Crippen molar-refractivity contribution in [2.75, 3.05) is 31.6 Å². The molecule has 1 aliphatic rings. The van der Waals surface area contributed by atoms with Crippen LogP contribution in [-0.2, 0) is 4.79 Å². The largest absolute Gasteiger partial charge is 0.354 e. The Bertz CT molecular complexity index is 625. The van der Waals surface area contributed by atoms with Crippen LogP contribution in [0, 0.1) is 5.92 Å². The lowest BCUT2D eigenvalue weighted by atomic mass is 9.92. The fraction of sp³-hybridized carbons (Fsp3) is 0.533. The van der Waals surface area contributed by atoms with Gasteiger partial charge in [-0.25, -0.2) is 9.97 Å². The van der Waals surface area contributed by atoms with E-state index in [0.29, 0.717) is 18.5 Å². The first-order valence-corrected chi connectivity index (χ1v) is 7.37. The average molecular weight is 287 g/mol. The number of aromatic nitrogens is 3. The summed E-state index contributed by atoms with van der Waals surface area (Å²) in [4.78, 5) is 27.0. The van der Waals surface area contributed by atoms with E-state index in [2.05, 4.69) is 38.7 Å². The second kappa shape index (κ2) is 5.81. The van der Waals surface area contributed by atoms with Crippen molar-refractivity contribution >= 4 is 23.1 Å². The van der Waals surface area contributed by atoms with Crippen molar-refractivity contribution in [2.45, 2.75) is 19.4 Å². The van der Waals surface area contributed by atoms with Crippen LogP contribution in [-0.4, -0.2) is 58.9 Å². The minimum absolute atomic E-state index is 0.353. The van der Waals surface area contributed by atoms with Crippen molar-refractivity contribution in [3.63, 3.8) is 0 Å². The van der Waals surface area contributed by atoms with Crippen molar-refractivity contribution in [1.29, 1.82) is 0 Å². The summed E-state index contributed by atoms with van der Waals surface area (Å²) in [6.45, 7) is 4.68. The third kappa shape index (κ3) is 2.63. The highest BCUT2D eigenvalue weighted by Crippen LogP contribution is 2.28. The fourth-order valence-electron chi connectivity index (χ4n) is 3.19. The number of likely N-dealkylation sites (tertiary alicyclic amines) is 1. The molecule has 0 amide bonds. The maximum absolute atomic E-state index is 10.8. The Hall–Kier alpha value is -1.95. The van der Waals surface area contributed by atoms with E-state index in [4.69, 9.17) is 0 Å². The number of hydrogen-bond donors (Lipinski definition) is 1. The topological polar surface area (TPSA) is 65.1 Å². The molecule has 3 rings (SSSR count). The first-order chi connectivity index (χ1) is 10.2. The van der Waals surface area contributed by atoms with Crippen LogP contribution in [0.4, 0.5) is 5.82 Å². The zero-order valence-electron chi connectivity index (χ0n) is 12.5. The lowest BCUT2D eigenvalue weighted by Crippen LogP contribution is -2.51.